The molecule has 2 aromatic rings. The van der Waals surface area contributed by atoms with Crippen LogP contribution in [0.2, 0.25) is 0 Å². The number of nitrogens with zero attached hydrogens (tertiary/aromatic N) is 2. The van der Waals surface area contributed by atoms with Gasteiger partial charge in [-0.3, -0.25) is 4.98 Å². The van der Waals surface area contributed by atoms with Crippen molar-refractivity contribution in [3.63, 3.8) is 0 Å². The summed E-state index contributed by atoms with van der Waals surface area (Å²) in [5.74, 6) is 0. The number of anilines is 1. The normalized spacial score (nSPS) is 17.2. The number of aromatic nitrogens is 2. The lowest BCUT2D eigenvalue weighted by Crippen LogP contribution is -2.43. The standard InChI is InChI=1S/C11H14N4/c1-2-9-11(13-3-1)10(8-14-9)15-6-4-12-5-7-15/h1-3,8,12,14H,4-7H2. The largest absolute Gasteiger partial charge is 0.366 e. The number of fused-ring (bicyclic) bond motifs is 1. The lowest BCUT2D eigenvalue weighted by atomic mass is 10.3. The highest BCUT2D eigenvalue weighted by Gasteiger charge is 2.14. The molecule has 3 heterocycles. The van der Waals surface area contributed by atoms with E-state index in [-0.39, 0.29) is 0 Å². The second-order valence-electron chi connectivity index (χ2n) is 3.81. The molecule has 15 heavy (non-hydrogen) atoms. The SMILES string of the molecule is c1cnc2c(N3CCNCC3)c[nH]c2c1. The lowest BCUT2D eigenvalue weighted by Gasteiger charge is -2.28. The molecule has 1 aliphatic rings. The molecule has 0 atom stereocenters. The van der Waals surface area contributed by atoms with E-state index in [0.717, 1.165) is 37.2 Å². The quantitative estimate of drug-likeness (QED) is 0.724. The van der Waals surface area contributed by atoms with Crippen LogP contribution in [0.4, 0.5) is 5.69 Å². The predicted molar refractivity (Wildman–Crippen MR) is 61.2 cm³/mol. The molecule has 1 aliphatic heterocycles. The van der Waals surface area contributed by atoms with Gasteiger partial charge in [-0.1, -0.05) is 0 Å². The Labute approximate surface area is 88.3 Å². The summed E-state index contributed by atoms with van der Waals surface area (Å²) in [6, 6.07) is 4.02. The van der Waals surface area contributed by atoms with Gasteiger partial charge < -0.3 is 15.2 Å². The summed E-state index contributed by atoms with van der Waals surface area (Å²) in [4.78, 5) is 10.1. The highest BCUT2D eigenvalue weighted by atomic mass is 15.2. The highest BCUT2D eigenvalue weighted by molar-refractivity contribution is 5.89. The minimum Gasteiger partial charge on any atom is -0.366 e. The first kappa shape index (κ1) is 8.73. The van der Waals surface area contributed by atoms with Crippen LogP contribution in [0, 0.1) is 0 Å². The smallest absolute Gasteiger partial charge is 0.111 e. The molecule has 0 unspecified atom stereocenters. The molecule has 78 valence electrons. The molecule has 0 radical (unpaired) electrons. The Morgan fingerprint density at radius 3 is 3.00 bits per heavy atom. The van der Waals surface area contributed by atoms with Crippen LogP contribution in [0.25, 0.3) is 11.0 Å². The first-order chi connectivity index (χ1) is 7.45. The fourth-order valence-electron chi connectivity index (χ4n) is 2.09. The Bertz CT molecular complexity index is 456. The molecule has 2 N–H and O–H groups in total. The maximum atomic E-state index is 4.42. The Hall–Kier alpha value is -1.55. The number of hydrogen-bond acceptors (Lipinski definition) is 3. The Morgan fingerprint density at radius 1 is 1.27 bits per heavy atom. The van der Waals surface area contributed by atoms with Gasteiger partial charge in [0, 0.05) is 38.6 Å². The summed E-state index contributed by atoms with van der Waals surface area (Å²) >= 11 is 0. The molecule has 0 bridgehead atoms. The number of nitrogens with one attached hydrogen (secondary N) is 2. The second kappa shape index (κ2) is 3.55. The fraction of sp³-hybridized carbons (Fsp3) is 0.364. The lowest BCUT2D eigenvalue weighted by molar-refractivity contribution is 0.590. The molecule has 0 spiro atoms. The topological polar surface area (TPSA) is 44.0 Å². The zero-order valence-electron chi connectivity index (χ0n) is 8.53. The van der Waals surface area contributed by atoms with Crippen molar-refractivity contribution >= 4 is 16.7 Å². The van der Waals surface area contributed by atoms with E-state index in [1.165, 1.54) is 5.69 Å². The fourth-order valence-corrected chi connectivity index (χ4v) is 2.09. The molecule has 4 heteroatoms. The molecule has 4 nitrogen and oxygen atoms in total. The maximum Gasteiger partial charge on any atom is 0.111 e. The van der Waals surface area contributed by atoms with Crippen LogP contribution in [0.5, 0.6) is 0 Å². The van der Waals surface area contributed by atoms with Crippen LogP contribution in [0.15, 0.2) is 24.5 Å². The highest BCUT2D eigenvalue weighted by Crippen LogP contribution is 2.24. The minimum absolute atomic E-state index is 1.06. The van der Waals surface area contributed by atoms with Gasteiger partial charge in [0.15, 0.2) is 0 Å². The number of piperazine rings is 1. The van der Waals surface area contributed by atoms with Crippen molar-refractivity contribution in [3.05, 3.63) is 24.5 Å². The monoisotopic (exact) mass is 202 g/mol. The maximum absolute atomic E-state index is 4.42. The van der Waals surface area contributed by atoms with E-state index in [1.54, 1.807) is 0 Å². The Morgan fingerprint density at radius 2 is 2.13 bits per heavy atom. The van der Waals surface area contributed by atoms with Crippen molar-refractivity contribution < 1.29 is 0 Å². The van der Waals surface area contributed by atoms with Crippen LogP contribution in [0.1, 0.15) is 0 Å². The molecule has 1 saturated heterocycles. The average molecular weight is 202 g/mol. The first-order valence-corrected chi connectivity index (χ1v) is 5.33. The van der Waals surface area contributed by atoms with Gasteiger partial charge in [-0.2, -0.15) is 0 Å². The summed E-state index contributed by atoms with van der Waals surface area (Å²) in [5, 5.41) is 3.35. The van der Waals surface area contributed by atoms with Gasteiger partial charge in [0.05, 0.1) is 11.2 Å². The summed E-state index contributed by atoms with van der Waals surface area (Å²) in [6.07, 6.45) is 3.91. The zero-order valence-corrected chi connectivity index (χ0v) is 8.53. The second-order valence-corrected chi connectivity index (χ2v) is 3.81. The van der Waals surface area contributed by atoms with E-state index >= 15 is 0 Å². The van der Waals surface area contributed by atoms with E-state index in [0.29, 0.717) is 0 Å². The van der Waals surface area contributed by atoms with E-state index in [9.17, 15) is 0 Å². The van der Waals surface area contributed by atoms with Gasteiger partial charge in [-0.15, -0.1) is 0 Å². The molecular weight excluding hydrogens is 188 g/mol. The van der Waals surface area contributed by atoms with Crippen molar-refractivity contribution in [2.75, 3.05) is 31.1 Å². The third-order valence-electron chi connectivity index (χ3n) is 2.87. The van der Waals surface area contributed by atoms with Crippen molar-refractivity contribution in [1.29, 1.82) is 0 Å². The van der Waals surface area contributed by atoms with Crippen LogP contribution in [-0.2, 0) is 0 Å². The number of hydrogen-bond donors (Lipinski definition) is 2. The van der Waals surface area contributed by atoms with Crippen molar-refractivity contribution in [1.82, 2.24) is 15.3 Å². The summed E-state index contributed by atoms with van der Waals surface area (Å²) in [5.41, 5.74) is 3.43. The van der Waals surface area contributed by atoms with E-state index < -0.39 is 0 Å². The molecular formula is C11H14N4. The van der Waals surface area contributed by atoms with Gasteiger partial charge >= 0.3 is 0 Å². The molecule has 2 aromatic heterocycles. The third kappa shape index (κ3) is 1.47. The minimum atomic E-state index is 1.06. The van der Waals surface area contributed by atoms with Crippen LogP contribution >= 0.6 is 0 Å². The average Bonchev–Trinajstić information content (AvgIpc) is 2.74. The molecule has 3 rings (SSSR count). The van der Waals surface area contributed by atoms with Crippen LogP contribution in [-0.4, -0.2) is 36.1 Å². The van der Waals surface area contributed by atoms with Gasteiger partial charge in [-0.25, -0.2) is 0 Å². The van der Waals surface area contributed by atoms with Crippen LogP contribution < -0.4 is 10.2 Å². The Kier molecular flexibility index (Phi) is 2.07. The number of aromatic amines is 1. The third-order valence-corrected chi connectivity index (χ3v) is 2.87. The van der Waals surface area contributed by atoms with Gasteiger partial charge in [0.1, 0.15) is 5.52 Å². The molecule has 0 aromatic carbocycles. The van der Waals surface area contributed by atoms with Gasteiger partial charge in [0.2, 0.25) is 0 Å². The first-order valence-electron chi connectivity index (χ1n) is 5.33. The van der Waals surface area contributed by atoms with E-state index in [2.05, 4.69) is 32.4 Å². The zero-order chi connectivity index (χ0) is 10.1. The summed E-state index contributed by atoms with van der Waals surface area (Å²) < 4.78 is 0. The van der Waals surface area contributed by atoms with Crippen LogP contribution in [0.3, 0.4) is 0 Å². The molecule has 0 saturated carbocycles. The Balaban J connectivity index is 2.02. The predicted octanol–water partition coefficient (Wildman–Crippen LogP) is 0.972. The number of pyridine rings is 1. The number of rotatable bonds is 1. The molecule has 1 fully saturated rings. The number of H-pyrrole nitrogens is 1. The van der Waals surface area contributed by atoms with E-state index in [1.807, 2.05) is 12.3 Å². The van der Waals surface area contributed by atoms with Gasteiger partial charge in [0.25, 0.3) is 0 Å². The molecule has 0 aliphatic carbocycles. The molecule has 0 amide bonds. The van der Waals surface area contributed by atoms with Crippen molar-refractivity contribution in [3.8, 4) is 0 Å². The summed E-state index contributed by atoms with van der Waals surface area (Å²) in [7, 11) is 0. The van der Waals surface area contributed by atoms with Crippen molar-refractivity contribution in [2.45, 2.75) is 0 Å². The van der Waals surface area contributed by atoms with Gasteiger partial charge in [-0.05, 0) is 12.1 Å². The van der Waals surface area contributed by atoms with E-state index in [4.69, 9.17) is 0 Å². The van der Waals surface area contributed by atoms with Crippen molar-refractivity contribution in [2.24, 2.45) is 0 Å². The summed E-state index contributed by atoms with van der Waals surface area (Å²) in [6.45, 7) is 4.23.